The topological polar surface area (TPSA) is 58.2 Å². The van der Waals surface area contributed by atoms with E-state index in [1.54, 1.807) is 24.3 Å². The molecule has 110 valence electrons. The second-order valence-corrected chi connectivity index (χ2v) is 7.61. The first-order valence-corrected chi connectivity index (χ1v) is 8.38. The number of carbonyl (C=O) groups excluding carboxylic acids is 2. The van der Waals surface area contributed by atoms with E-state index in [4.69, 9.17) is 0 Å². The SMILES string of the molecule is CC(C)NC(=O)c1cccc(NC(=O)c2csc(I)c2)c1. The molecule has 0 saturated heterocycles. The van der Waals surface area contributed by atoms with Crippen molar-refractivity contribution in [3.05, 3.63) is 49.7 Å². The van der Waals surface area contributed by atoms with Gasteiger partial charge in [0.05, 0.1) is 8.45 Å². The van der Waals surface area contributed by atoms with Gasteiger partial charge in [-0.25, -0.2) is 0 Å². The number of rotatable bonds is 4. The smallest absolute Gasteiger partial charge is 0.256 e. The fourth-order valence-corrected chi connectivity index (χ4v) is 3.04. The molecule has 21 heavy (non-hydrogen) atoms. The predicted octanol–water partition coefficient (Wildman–Crippen LogP) is 3.74. The highest BCUT2D eigenvalue weighted by Gasteiger charge is 2.11. The highest BCUT2D eigenvalue weighted by Crippen LogP contribution is 2.18. The predicted molar refractivity (Wildman–Crippen MR) is 94.0 cm³/mol. The fraction of sp³-hybridized carbons (Fsp3) is 0.200. The lowest BCUT2D eigenvalue weighted by atomic mass is 10.1. The Morgan fingerprint density at radius 1 is 1.14 bits per heavy atom. The lowest BCUT2D eigenvalue weighted by molar-refractivity contribution is 0.0942. The summed E-state index contributed by atoms with van der Waals surface area (Å²) in [4.78, 5) is 24.0. The summed E-state index contributed by atoms with van der Waals surface area (Å²) in [5, 5.41) is 7.44. The monoisotopic (exact) mass is 414 g/mol. The van der Waals surface area contributed by atoms with E-state index in [1.807, 2.05) is 25.3 Å². The molecule has 2 amide bonds. The molecule has 6 heteroatoms. The Bertz CT molecular complexity index is 667. The molecule has 1 heterocycles. The molecule has 2 rings (SSSR count). The minimum Gasteiger partial charge on any atom is -0.350 e. The van der Waals surface area contributed by atoms with E-state index in [0.717, 1.165) is 2.88 Å². The van der Waals surface area contributed by atoms with E-state index in [0.29, 0.717) is 16.8 Å². The van der Waals surface area contributed by atoms with Gasteiger partial charge in [0.2, 0.25) is 0 Å². The average molecular weight is 414 g/mol. The van der Waals surface area contributed by atoms with Gasteiger partial charge in [-0.3, -0.25) is 9.59 Å². The lowest BCUT2D eigenvalue weighted by Crippen LogP contribution is -2.30. The van der Waals surface area contributed by atoms with Crippen molar-refractivity contribution in [1.82, 2.24) is 5.32 Å². The van der Waals surface area contributed by atoms with Crippen LogP contribution in [0.4, 0.5) is 5.69 Å². The van der Waals surface area contributed by atoms with Crippen LogP contribution in [0.25, 0.3) is 0 Å². The molecule has 0 saturated carbocycles. The standard InChI is InChI=1S/C15H15IN2O2S/c1-9(2)17-14(19)10-4-3-5-12(6-10)18-15(20)11-7-13(16)21-8-11/h3-9H,1-2H3,(H,17,19)(H,18,20). The van der Waals surface area contributed by atoms with Crippen LogP contribution in [0.3, 0.4) is 0 Å². The summed E-state index contributed by atoms with van der Waals surface area (Å²) in [5.41, 5.74) is 1.76. The number of hydrogen-bond donors (Lipinski definition) is 2. The average Bonchev–Trinajstić information content (AvgIpc) is 2.85. The maximum absolute atomic E-state index is 12.1. The first-order valence-electron chi connectivity index (χ1n) is 6.42. The molecule has 4 nitrogen and oxygen atoms in total. The zero-order valence-corrected chi connectivity index (χ0v) is 14.6. The molecule has 0 atom stereocenters. The number of carbonyl (C=O) groups is 2. The van der Waals surface area contributed by atoms with Gasteiger partial charge < -0.3 is 10.6 Å². The number of benzene rings is 1. The van der Waals surface area contributed by atoms with Crippen molar-refractivity contribution in [2.24, 2.45) is 0 Å². The van der Waals surface area contributed by atoms with Gasteiger partial charge in [-0.1, -0.05) is 6.07 Å². The van der Waals surface area contributed by atoms with Gasteiger partial charge in [-0.2, -0.15) is 0 Å². The molecule has 2 N–H and O–H groups in total. The van der Waals surface area contributed by atoms with E-state index >= 15 is 0 Å². The highest BCUT2D eigenvalue weighted by atomic mass is 127. The summed E-state index contributed by atoms with van der Waals surface area (Å²) in [7, 11) is 0. The summed E-state index contributed by atoms with van der Waals surface area (Å²) in [6, 6.07) is 8.82. The Kier molecular flexibility index (Phi) is 5.35. The molecule has 0 spiro atoms. The summed E-state index contributed by atoms with van der Waals surface area (Å²) < 4.78 is 1.06. The van der Waals surface area contributed by atoms with Crippen LogP contribution < -0.4 is 10.6 Å². The first kappa shape index (κ1) is 16.0. The molecule has 1 aromatic carbocycles. The van der Waals surface area contributed by atoms with E-state index in [9.17, 15) is 9.59 Å². The molecule has 0 fully saturated rings. The van der Waals surface area contributed by atoms with Crippen LogP contribution in [-0.4, -0.2) is 17.9 Å². The third kappa shape index (κ3) is 4.53. The van der Waals surface area contributed by atoms with Gasteiger partial charge in [0.1, 0.15) is 0 Å². The number of halogens is 1. The van der Waals surface area contributed by atoms with E-state index < -0.39 is 0 Å². The Hall–Kier alpha value is -1.41. The summed E-state index contributed by atoms with van der Waals surface area (Å²) >= 11 is 3.70. The molecule has 0 aliphatic rings. The minimum atomic E-state index is -0.171. The van der Waals surface area contributed by atoms with Crippen molar-refractivity contribution in [2.45, 2.75) is 19.9 Å². The van der Waals surface area contributed by atoms with Crippen molar-refractivity contribution >= 4 is 51.4 Å². The molecule has 2 aromatic rings. The van der Waals surface area contributed by atoms with Crippen LogP contribution in [0.5, 0.6) is 0 Å². The molecule has 0 unspecified atom stereocenters. The molecule has 0 aliphatic heterocycles. The van der Waals surface area contributed by atoms with Crippen molar-refractivity contribution in [1.29, 1.82) is 0 Å². The van der Waals surface area contributed by atoms with E-state index in [-0.39, 0.29) is 17.9 Å². The van der Waals surface area contributed by atoms with Gasteiger partial charge in [-0.15, -0.1) is 11.3 Å². The normalized spacial score (nSPS) is 10.5. The molecule has 0 aliphatic carbocycles. The summed E-state index contributed by atoms with van der Waals surface area (Å²) in [6.07, 6.45) is 0. The van der Waals surface area contributed by atoms with Gasteiger partial charge in [0.15, 0.2) is 0 Å². The maximum Gasteiger partial charge on any atom is 0.256 e. The van der Waals surface area contributed by atoms with Crippen LogP contribution in [0.2, 0.25) is 0 Å². The van der Waals surface area contributed by atoms with Gasteiger partial charge in [0.25, 0.3) is 11.8 Å². The van der Waals surface area contributed by atoms with E-state index in [2.05, 4.69) is 33.2 Å². The zero-order chi connectivity index (χ0) is 15.4. The highest BCUT2D eigenvalue weighted by molar-refractivity contribution is 14.1. The van der Waals surface area contributed by atoms with Gasteiger partial charge >= 0.3 is 0 Å². The molecule has 1 aromatic heterocycles. The second kappa shape index (κ2) is 7.04. The summed E-state index contributed by atoms with van der Waals surface area (Å²) in [6.45, 7) is 3.81. The van der Waals surface area contributed by atoms with Crippen LogP contribution >= 0.6 is 33.9 Å². The Labute approximate surface area is 141 Å². The van der Waals surface area contributed by atoms with Crippen molar-refractivity contribution < 1.29 is 9.59 Å². The Morgan fingerprint density at radius 2 is 1.90 bits per heavy atom. The largest absolute Gasteiger partial charge is 0.350 e. The van der Waals surface area contributed by atoms with Crippen LogP contribution in [0.15, 0.2) is 35.7 Å². The van der Waals surface area contributed by atoms with Crippen molar-refractivity contribution in [3.63, 3.8) is 0 Å². The lowest BCUT2D eigenvalue weighted by Gasteiger charge is -2.10. The van der Waals surface area contributed by atoms with Gasteiger partial charge in [-0.05, 0) is 60.7 Å². The number of anilines is 1. The second-order valence-electron chi connectivity index (χ2n) is 4.80. The van der Waals surface area contributed by atoms with Crippen LogP contribution in [0.1, 0.15) is 34.6 Å². The van der Waals surface area contributed by atoms with Crippen LogP contribution in [0, 0.1) is 2.88 Å². The number of nitrogens with one attached hydrogen (secondary N) is 2. The number of hydrogen-bond acceptors (Lipinski definition) is 3. The van der Waals surface area contributed by atoms with Crippen LogP contribution in [-0.2, 0) is 0 Å². The Balaban J connectivity index is 2.11. The molecular weight excluding hydrogens is 399 g/mol. The zero-order valence-electron chi connectivity index (χ0n) is 11.6. The molecule has 0 radical (unpaired) electrons. The van der Waals surface area contributed by atoms with Gasteiger partial charge in [0, 0.05) is 22.7 Å². The van der Waals surface area contributed by atoms with Crippen molar-refractivity contribution in [3.8, 4) is 0 Å². The maximum atomic E-state index is 12.1. The number of amides is 2. The minimum absolute atomic E-state index is 0.0728. The first-order chi connectivity index (χ1) is 9.95. The number of thiophene rings is 1. The third-order valence-electron chi connectivity index (χ3n) is 2.63. The fourth-order valence-electron chi connectivity index (χ4n) is 1.72. The molecule has 0 bridgehead atoms. The van der Waals surface area contributed by atoms with E-state index in [1.165, 1.54) is 11.3 Å². The third-order valence-corrected chi connectivity index (χ3v) is 4.42. The molecular formula is C15H15IN2O2S. The quantitative estimate of drug-likeness (QED) is 0.749. The van der Waals surface area contributed by atoms with Crippen molar-refractivity contribution in [2.75, 3.05) is 5.32 Å². The Morgan fingerprint density at radius 3 is 2.52 bits per heavy atom. The summed E-state index contributed by atoms with van der Waals surface area (Å²) in [5.74, 6) is -0.318.